The monoisotopic (exact) mass is 244 g/mol. The van der Waals surface area contributed by atoms with Gasteiger partial charge in [-0.15, -0.1) is 0 Å². The second-order valence-electron chi connectivity index (χ2n) is 4.13. The van der Waals surface area contributed by atoms with Gasteiger partial charge in [0.15, 0.2) is 6.04 Å². The zero-order valence-corrected chi connectivity index (χ0v) is 9.99. The number of hydrogen-bond donors (Lipinski definition) is 3. The number of nitrogens with zero attached hydrogens (tertiary/aromatic N) is 3. The fourth-order valence-electron chi connectivity index (χ4n) is 1.54. The van der Waals surface area contributed by atoms with Crippen LogP contribution in [-0.2, 0) is 4.79 Å². The Bertz CT molecular complexity index is 269. The summed E-state index contributed by atoms with van der Waals surface area (Å²) in [4.78, 5) is 12.4. The maximum Gasteiger partial charge on any atom is 0.315 e. The highest BCUT2D eigenvalue weighted by Crippen LogP contribution is 2.14. The molecule has 7 nitrogen and oxygen atoms in total. The Morgan fingerprint density at radius 1 is 1.47 bits per heavy atom. The van der Waals surface area contributed by atoms with Crippen LogP contribution in [0.1, 0.15) is 39.0 Å². The molecule has 4 N–H and O–H groups in total. The zero-order valence-electron chi connectivity index (χ0n) is 9.99. The Morgan fingerprint density at radius 2 is 2.00 bits per heavy atom. The van der Waals surface area contributed by atoms with Crippen LogP contribution in [0.25, 0.3) is 10.4 Å². The number of azide groups is 1. The number of carboxylic acids is 1. The van der Waals surface area contributed by atoms with Crippen LogP contribution in [0.2, 0.25) is 0 Å². The molecule has 0 bridgehead atoms. The molecule has 0 aliphatic heterocycles. The van der Waals surface area contributed by atoms with E-state index in [1.54, 1.807) is 0 Å². The third kappa shape index (κ3) is 7.57. The van der Waals surface area contributed by atoms with E-state index in [2.05, 4.69) is 10.0 Å². The summed E-state index contributed by atoms with van der Waals surface area (Å²) in [5.74, 6) is -1.33. The SMILES string of the molecule is C[C@@H](O)[C@H](N=[N+]=[N-])C(=O)O.NC1CCCCC1. The molecule has 0 amide bonds. The quantitative estimate of drug-likeness (QED) is 0.393. The van der Waals surface area contributed by atoms with E-state index >= 15 is 0 Å². The maximum atomic E-state index is 10.1. The van der Waals surface area contributed by atoms with Crippen molar-refractivity contribution in [1.82, 2.24) is 0 Å². The van der Waals surface area contributed by atoms with Gasteiger partial charge in [-0.3, -0.25) is 4.79 Å². The highest BCUT2D eigenvalue weighted by atomic mass is 16.4. The molecule has 0 heterocycles. The molecular weight excluding hydrogens is 224 g/mol. The van der Waals surface area contributed by atoms with Gasteiger partial charge in [0.05, 0.1) is 6.10 Å². The summed E-state index contributed by atoms with van der Waals surface area (Å²) in [6, 6.07) is -0.848. The lowest BCUT2D eigenvalue weighted by Gasteiger charge is -2.15. The lowest BCUT2D eigenvalue weighted by Crippen LogP contribution is -2.29. The van der Waals surface area contributed by atoms with Crippen molar-refractivity contribution < 1.29 is 15.0 Å². The summed E-state index contributed by atoms with van der Waals surface area (Å²) in [7, 11) is 0. The van der Waals surface area contributed by atoms with Crippen LogP contribution >= 0.6 is 0 Å². The van der Waals surface area contributed by atoms with Crippen LogP contribution < -0.4 is 5.73 Å². The van der Waals surface area contributed by atoms with Crippen LogP contribution in [0, 0.1) is 0 Å². The largest absolute Gasteiger partial charge is 0.481 e. The van der Waals surface area contributed by atoms with E-state index in [1.807, 2.05) is 0 Å². The molecule has 98 valence electrons. The number of carbonyl (C=O) groups is 1. The van der Waals surface area contributed by atoms with Crippen LogP contribution in [0.5, 0.6) is 0 Å². The highest BCUT2D eigenvalue weighted by molar-refractivity contribution is 5.74. The Kier molecular flexibility index (Phi) is 8.13. The summed E-state index contributed by atoms with van der Waals surface area (Å²) >= 11 is 0. The first-order valence-electron chi connectivity index (χ1n) is 5.69. The van der Waals surface area contributed by atoms with Crippen molar-refractivity contribution in [2.75, 3.05) is 0 Å². The molecule has 2 atom stereocenters. The molecule has 0 aromatic rings. The third-order valence-corrected chi connectivity index (χ3v) is 2.54. The van der Waals surface area contributed by atoms with Crippen molar-refractivity contribution in [1.29, 1.82) is 0 Å². The number of aliphatic hydroxyl groups is 1. The van der Waals surface area contributed by atoms with E-state index in [4.69, 9.17) is 21.5 Å². The van der Waals surface area contributed by atoms with Gasteiger partial charge in [0.2, 0.25) is 0 Å². The molecule has 7 heteroatoms. The molecule has 0 radical (unpaired) electrons. The standard InChI is InChI=1S/C6H13N.C4H7N3O3/c7-6-4-2-1-3-5-6;1-2(8)3(4(9)10)6-7-5/h6H,1-5,7H2;2-3,8H,1H3,(H,9,10)/t;2-,3+/m.1/s1. The van der Waals surface area contributed by atoms with Gasteiger partial charge in [-0.25, -0.2) is 0 Å². The molecule has 0 unspecified atom stereocenters. The zero-order chi connectivity index (χ0) is 13.3. The number of aliphatic hydroxyl groups excluding tert-OH is 1. The molecular formula is C10H20N4O3. The third-order valence-electron chi connectivity index (χ3n) is 2.54. The predicted octanol–water partition coefficient (Wildman–Crippen LogP) is 1.41. The fraction of sp³-hybridized carbons (Fsp3) is 0.900. The minimum Gasteiger partial charge on any atom is -0.481 e. The van der Waals surface area contributed by atoms with Gasteiger partial charge < -0.3 is 15.9 Å². The van der Waals surface area contributed by atoms with Gasteiger partial charge in [-0.1, -0.05) is 24.4 Å². The van der Waals surface area contributed by atoms with Crippen LogP contribution in [0.4, 0.5) is 0 Å². The van der Waals surface area contributed by atoms with Gasteiger partial charge in [0.1, 0.15) is 0 Å². The van der Waals surface area contributed by atoms with Gasteiger partial charge in [0, 0.05) is 11.0 Å². The molecule has 1 aliphatic carbocycles. The molecule has 0 saturated heterocycles. The number of carboxylic acid groups (broad SMARTS) is 1. The number of aliphatic carboxylic acids is 1. The molecule has 1 saturated carbocycles. The van der Waals surface area contributed by atoms with E-state index in [0.29, 0.717) is 6.04 Å². The minimum absolute atomic E-state index is 0.536. The molecule has 1 aliphatic rings. The first-order valence-corrected chi connectivity index (χ1v) is 5.69. The van der Waals surface area contributed by atoms with E-state index < -0.39 is 18.1 Å². The lowest BCUT2D eigenvalue weighted by molar-refractivity contribution is -0.140. The van der Waals surface area contributed by atoms with E-state index in [1.165, 1.54) is 39.0 Å². The van der Waals surface area contributed by atoms with Gasteiger partial charge in [-0.2, -0.15) is 0 Å². The number of rotatable bonds is 3. The number of nitrogens with two attached hydrogens (primary N) is 1. The second-order valence-corrected chi connectivity index (χ2v) is 4.13. The topological polar surface area (TPSA) is 132 Å². The Hall–Kier alpha value is -1.30. The smallest absolute Gasteiger partial charge is 0.315 e. The van der Waals surface area contributed by atoms with E-state index in [9.17, 15) is 4.79 Å². The van der Waals surface area contributed by atoms with Gasteiger partial charge in [0.25, 0.3) is 0 Å². The van der Waals surface area contributed by atoms with Crippen molar-refractivity contribution in [3.63, 3.8) is 0 Å². The first-order chi connectivity index (χ1) is 7.99. The Labute approximate surface area is 100 Å². The average molecular weight is 244 g/mol. The minimum atomic E-state index is -1.38. The van der Waals surface area contributed by atoms with Crippen molar-refractivity contribution in [3.05, 3.63) is 10.4 Å². The summed E-state index contributed by atoms with van der Waals surface area (Å²) in [6.07, 6.45) is 5.50. The summed E-state index contributed by atoms with van der Waals surface area (Å²) in [6.45, 7) is 1.24. The molecule has 17 heavy (non-hydrogen) atoms. The highest BCUT2D eigenvalue weighted by Gasteiger charge is 2.20. The molecule has 1 rings (SSSR count). The predicted molar refractivity (Wildman–Crippen MR) is 63.3 cm³/mol. The van der Waals surface area contributed by atoms with Crippen molar-refractivity contribution >= 4 is 5.97 Å². The van der Waals surface area contributed by atoms with Crippen LogP contribution in [-0.4, -0.2) is 34.4 Å². The van der Waals surface area contributed by atoms with Crippen molar-refractivity contribution in [2.45, 2.75) is 57.2 Å². The summed E-state index contributed by atoms with van der Waals surface area (Å²) in [5.41, 5.74) is 13.5. The lowest BCUT2D eigenvalue weighted by atomic mass is 9.97. The molecule has 0 aromatic heterocycles. The Balaban J connectivity index is 0.000000318. The van der Waals surface area contributed by atoms with Crippen LogP contribution in [0.3, 0.4) is 0 Å². The van der Waals surface area contributed by atoms with E-state index in [-0.39, 0.29) is 0 Å². The molecule has 0 spiro atoms. The van der Waals surface area contributed by atoms with Crippen molar-refractivity contribution in [2.24, 2.45) is 10.8 Å². The number of hydrogen-bond acceptors (Lipinski definition) is 4. The Morgan fingerprint density at radius 3 is 2.18 bits per heavy atom. The summed E-state index contributed by atoms with van der Waals surface area (Å²) < 4.78 is 0. The fourth-order valence-corrected chi connectivity index (χ4v) is 1.54. The van der Waals surface area contributed by atoms with Crippen LogP contribution in [0.15, 0.2) is 5.11 Å². The van der Waals surface area contributed by atoms with E-state index in [0.717, 1.165) is 0 Å². The molecule has 1 fully saturated rings. The summed E-state index contributed by atoms with van der Waals surface area (Å²) in [5, 5.41) is 19.8. The first kappa shape index (κ1) is 15.7. The van der Waals surface area contributed by atoms with Gasteiger partial charge >= 0.3 is 5.97 Å². The maximum absolute atomic E-state index is 10.1. The van der Waals surface area contributed by atoms with Crippen molar-refractivity contribution in [3.8, 4) is 0 Å². The normalized spacial score (nSPS) is 19.2. The molecule has 0 aromatic carbocycles. The van der Waals surface area contributed by atoms with Gasteiger partial charge in [-0.05, 0) is 25.3 Å². The average Bonchev–Trinajstić information content (AvgIpc) is 2.27. The second kappa shape index (κ2) is 8.81.